The van der Waals surface area contributed by atoms with Gasteiger partial charge in [-0.25, -0.2) is 0 Å². The summed E-state index contributed by atoms with van der Waals surface area (Å²) in [6.45, 7) is 6.87. The molecular formula is C15H21Cl2N. The fraction of sp³-hybridized carbons (Fsp3) is 0.600. The van der Waals surface area contributed by atoms with Crippen LogP contribution < -0.4 is 5.32 Å². The molecular weight excluding hydrogens is 265 g/mol. The maximum Gasteiger partial charge on any atom is 0.0472 e. The number of fused-ring (bicyclic) bond motifs is 3. The Morgan fingerprint density at radius 3 is 2.94 bits per heavy atom. The Kier molecular flexibility index (Phi) is 3.96. The van der Waals surface area contributed by atoms with Crippen molar-refractivity contribution in [3.63, 3.8) is 0 Å². The monoisotopic (exact) mass is 285 g/mol. The molecule has 18 heavy (non-hydrogen) atoms. The molecule has 1 aliphatic carbocycles. The predicted molar refractivity (Wildman–Crippen MR) is 80.1 cm³/mol. The molecule has 1 fully saturated rings. The zero-order valence-corrected chi connectivity index (χ0v) is 12.6. The van der Waals surface area contributed by atoms with E-state index in [0.717, 1.165) is 31.0 Å². The molecule has 1 N–H and O–H groups in total. The van der Waals surface area contributed by atoms with Crippen molar-refractivity contribution >= 4 is 24.0 Å². The summed E-state index contributed by atoms with van der Waals surface area (Å²) in [4.78, 5) is 0. The molecule has 0 bridgehead atoms. The van der Waals surface area contributed by atoms with E-state index >= 15 is 0 Å². The minimum Gasteiger partial charge on any atom is -0.316 e. The molecule has 0 amide bonds. The van der Waals surface area contributed by atoms with E-state index in [9.17, 15) is 0 Å². The molecule has 0 saturated carbocycles. The van der Waals surface area contributed by atoms with E-state index in [-0.39, 0.29) is 12.4 Å². The van der Waals surface area contributed by atoms with Crippen LogP contribution in [0.5, 0.6) is 0 Å². The van der Waals surface area contributed by atoms with Gasteiger partial charge in [-0.3, -0.25) is 0 Å². The number of nitrogens with one attached hydrogen (secondary N) is 1. The smallest absolute Gasteiger partial charge is 0.0472 e. The molecule has 2 atom stereocenters. The van der Waals surface area contributed by atoms with Gasteiger partial charge in [0.25, 0.3) is 0 Å². The fourth-order valence-corrected chi connectivity index (χ4v) is 3.97. The van der Waals surface area contributed by atoms with Crippen LogP contribution in [0.2, 0.25) is 5.02 Å². The Labute approximate surface area is 121 Å². The number of hydrogen-bond acceptors (Lipinski definition) is 1. The van der Waals surface area contributed by atoms with Crippen LogP contribution in [0, 0.1) is 5.41 Å². The van der Waals surface area contributed by atoms with Gasteiger partial charge in [-0.05, 0) is 41.4 Å². The van der Waals surface area contributed by atoms with E-state index in [1.807, 2.05) is 0 Å². The molecule has 0 unspecified atom stereocenters. The second-order valence-electron chi connectivity index (χ2n) is 5.80. The van der Waals surface area contributed by atoms with E-state index in [0.29, 0.717) is 11.3 Å². The normalized spacial score (nSPS) is 29.4. The lowest BCUT2D eigenvalue weighted by molar-refractivity contribution is 0.277. The zero-order chi connectivity index (χ0) is 12.0. The third-order valence-electron chi connectivity index (χ3n) is 4.78. The summed E-state index contributed by atoms with van der Waals surface area (Å²) in [7, 11) is 0. The summed E-state index contributed by atoms with van der Waals surface area (Å²) in [6, 6.07) is 4.56. The molecule has 0 aromatic heterocycles. The van der Waals surface area contributed by atoms with Gasteiger partial charge in [-0.2, -0.15) is 0 Å². The summed E-state index contributed by atoms with van der Waals surface area (Å²) >= 11 is 6.54. The number of benzene rings is 1. The van der Waals surface area contributed by atoms with E-state index in [1.54, 1.807) is 0 Å². The highest BCUT2D eigenvalue weighted by atomic mass is 35.5. The summed E-state index contributed by atoms with van der Waals surface area (Å²) in [5, 5.41) is 4.59. The van der Waals surface area contributed by atoms with Gasteiger partial charge in [-0.1, -0.05) is 37.6 Å². The Balaban J connectivity index is 0.00000120. The van der Waals surface area contributed by atoms with Crippen molar-refractivity contribution in [2.45, 2.75) is 39.0 Å². The Morgan fingerprint density at radius 1 is 1.44 bits per heavy atom. The average molecular weight is 286 g/mol. The highest BCUT2D eigenvalue weighted by Crippen LogP contribution is 2.49. The minimum atomic E-state index is 0. The number of halogens is 2. The summed E-state index contributed by atoms with van der Waals surface area (Å²) in [5.74, 6) is 0.662. The lowest BCUT2D eigenvalue weighted by Gasteiger charge is -2.37. The van der Waals surface area contributed by atoms with Crippen molar-refractivity contribution in [3.8, 4) is 0 Å². The van der Waals surface area contributed by atoms with Gasteiger partial charge in [0.15, 0.2) is 0 Å². The highest BCUT2D eigenvalue weighted by molar-refractivity contribution is 6.32. The van der Waals surface area contributed by atoms with E-state index in [4.69, 9.17) is 11.6 Å². The van der Waals surface area contributed by atoms with Crippen LogP contribution in [-0.2, 0) is 12.8 Å². The summed E-state index contributed by atoms with van der Waals surface area (Å²) in [6.07, 6.45) is 3.45. The minimum absolute atomic E-state index is 0. The van der Waals surface area contributed by atoms with Crippen LogP contribution in [0.25, 0.3) is 0 Å². The second-order valence-corrected chi connectivity index (χ2v) is 6.18. The van der Waals surface area contributed by atoms with Crippen LogP contribution in [-0.4, -0.2) is 13.1 Å². The average Bonchev–Trinajstić information content (AvgIpc) is 2.71. The van der Waals surface area contributed by atoms with Crippen molar-refractivity contribution in [1.29, 1.82) is 0 Å². The summed E-state index contributed by atoms with van der Waals surface area (Å²) in [5.41, 5.74) is 4.69. The van der Waals surface area contributed by atoms with Gasteiger partial charge in [0.2, 0.25) is 0 Å². The standard InChI is InChI=1S/C15H20ClN.ClH/c1-3-10-4-5-11-12(14(10)16)6-7-15(2)9-17-8-13(11)15;/h4-5,13,17H,3,6-9H2,1-2H3;1H/t13-,15+;/m1./s1. The van der Waals surface area contributed by atoms with Crippen molar-refractivity contribution in [2.24, 2.45) is 5.41 Å². The molecule has 1 aromatic carbocycles. The Hall–Kier alpha value is -0.240. The molecule has 2 aliphatic rings. The van der Waals surface area contributed by atoms with Crippen LogP contribution in [0.4, 0.5) is 0 Å². The van der Waals surface area contributed by atoms with Crippen LogP contribution in [0.3, 0.4) is 0 Å². The molecule has 0 radical (unpaired) electrons. The van der Waals surface area contributed by atoms with Crippen molar-refractivity contribution < 1.29 is 0 Å². The largest absolute Gasteiger partial charge is 0.316 e. The third kappa shape index (κ3) is 1.97. The highest BCUT2D eigenvalue weighted by Gasteiger charge is 2.43. The van der Waals surface area contributed by atoms with Gasteiger partial charge in [-0.15, -0.1) is 12.4 Å². The summed E-state index contributed by atoms with van der Waals surface area (Å²) < 4.78 is 0. The Morgan fingerprint density at radius 2 is 2.22 bits per heavy atom. The number of rotatable bonds is 1. The first-order chi connectivity index (χ1) is 8.15. The van der Waals surface area contributed by atoms with E-state index < -0.39 is 0 Å². The van der Waals surface area contributed by atoms with Crippen molar-refractivity contribution in [3.05, 3.63) is 33.8 Å². The third-order valence-corrected chi connectivity index (χ3v) is 5.25. The molecule has 3 rings (SSSR count). The van der Waals surface area contributed by atoms with Crippen LogP contribution in [0.15, 0.2) is 12.1 Å². The first-order valence-corrected chi connectivity index (χ1v) is 7.04. The quantitative estimate of drug-likeness (QED) is 0.824. The molecule has 1 aliphatic heterocycles. The molecule has 100 valence electrons. The van der Waals surface area contributed by atoms with Gasteiger partial charge in [0.05, 0.1) is 0 Å². The maximum atomic E-state index is 6.54. The van der Waals surface area contributed by atoms with Gasteiger partial charge in [0, 0.05) is 24.0 Å². The van der Waals surface area contributed by atoms with Gasteiger partial charge < -0.3 is 5.32 Å². The number of hydrogen-bond donors (Lipinski definition) is 1. The first kappa shape index (κ1) is 14.2. The molecule has 3 heteroatoms. The van der Waals surface area contributed by atoms with Gasteiger partial charge in [0.1, 0.15) is 0 Å². The topological polar surface area (TPSA) is 12.0 Å². The van der Waals surface area contributed by atoms with Crippen LogP contribution in [0.1, 0.15) is 42.9 Å². The maximum absolute atomic E-state index is 6.54. The molecule has 1 heterocycles. The first-order valence-electron chi connectivity index (χ1n) is 6.66. The molecule has 1 nitrogen and oxygen atoms in total. The SMILES string of the molecule is CCc1ccc2c(c1Cl)CC[C@@]1(C)CNC[C@H]21.Cl. The Bertz CT molecular complexity index is 458. The fourth-order valence-electron chi connectivity index (χ4n) is 3.57. The number of aryl methyl sites for hydroxylation is 1. The zero-order valence-electron chi connectivity index (χ0n) is 11.1. The van der Waals surface area contributed by atoms with Crippen molar-refractivity contribution in [1.82, 2.24) is 5.32 Å². The molecule has 1 saturated heterocycles. The van der Waals surface area contributed by atoms with Crippen LogP contribution >= 0.6 is 24.0 Å². The van der Waals surface area contributed by atoms with Gasteiger partial charge >= 0.3 is 0 Å². The lowest BCUT2D eigenvalue weighted by atomic mass is 9.67. The van der Waals surface area contributed by atoms with Crippen molar-refractivity contribution in [2.75, 3.05) is 13.1 Å². The predicted octanol–water partition coefficient (Wildman–Crippen LogP) is 3.96. The lowest BCUT2D eigenvalue weighted by Crippen LogP contribution is -2.30. The van der Waals surface area contributed by atoms with E-state index in [1.165, 1.54) is 23.1 Å². The molecule has 0 spiro atoms. The van der Waals surface area contributed by atoms with E-state index in [2.05, 4.69) is 31.3 Å². The second kappa shape index (κ2) is 5.03. The molecule has 1 aromatic rings.